The van der Waals surface area contributed by atoms with Crippen LogP contribution < -0.4 is 0 Å². The average Bonchev–Trinajstić information content (AvgIpc) is 3.68. The number of fused-ring (bicyclic) bond motifs is 1. The fourth-order valence-corrected chi connectivity index (χ4v) is 6.96. The lowest BCUT2D eigenvalue weighted by Gasteiger charge is -2.36. The second-order valence-corrected chi connectivity index (χ2v) is 12.1. The van der Waals surface area contributed by atoms with Crippen molar-refractivity contribution in [3.05, 3.63) is 75.9 Å². The SMILES string of the molecule is CCc1cc(-c2scnc2C)ccc1CN(C)C(=O)C1CCCN1C(=O)C(C(C)C)N1Cc2ccccc2C1=O. The summed E-state index contributed by atoms with van der Waals surface area (Å²) in [5.74, 6) is -0.355. The minimum Gasteiger partial charge on any atom is -0.340 e. The summed E-state index contributed by atoms with van der Waals surface area (Å²) in [7, 11) is 1.82. The molecule has 2 atom stereocenters. The minimum atomic E-state index is -0.604. The Morgan fingerprint density at radius 3 is 2.60 bits per heavy atom. The number of carbonyl (C=O) groups is 3. The molecule has 2 unspecified atom stereocenters. The van der Waals surface area contributed by atoms with E-state index in [2.05, 4.69) is 30.1 Å². The molecule has 0 radical (unpaired) electrons. The molecule has 210 valence electrons. The van der Waals surface area contributed by atoms with Gasteiger partial charge in [0.2, 0.25) is 11.8 Å². The van der Waals surface area contributed by atoms with Crippen LogP contribution in [0.5, 0.6) is 0 Å². The molecular weight excluding hydrogens is 520 g/mol. The van der Waals surface area contributed by atoms with Crippen LogP contribution in [-0.2, 0) is 29.1 Å². The highest BCUT2D eigenvalue weighted by Crippen LogP contribution is 2.32. The largest absolute Gasteiger partial charge is 0.340 e. The van der Waals surface area contributed by atoms with Gasteiger partial charge in [-0.25, -0.2) is 4.98 Å². The lowest BCUT2D eigenvalue weighted by Crippen LogP contribution is -2.55. The Morgan fingerprint density at radius 1 is 1.15 bits per heavy atom. The summed E-state index contributed by atoms with van der Waals surface area (Å²) in [6.45, 7) is 9.54. The van der Waals surface area contributed by atoms with E-state index in [1.54, 1.807) is 26.0 Å². The van der Waals surface area contributed by atoms with Gasteiger partial charge >= 0.3 is 0 Å². The lowest BCUT2D eigenvalue weighted by atomic mass is 9.99. The molecule has 5 rings (SSSR count). The number of aryl methyl sites for hydroxylation is 2. The molecule has 2 aliphatic heterocycles. The number of rotatable bonds is 8. The van der Waals surface area contributed by atoms with Gasteiger partial charge in [0.25, 0.3) is 5.91 Å². The highest BCUT2D eigenvalue weighted by atomic mass is 32.1. The van der Waals surface area contributed by atoms with Crippen molar-refractivity contribution in [1.29, 1.82) is 0 Å². The van der Waals surface area contributed by atoms with E-state index in [0.29, 0.717) is 31.6 Å². The van der Waals surface area contributed by atoms with Crippen LogP contribution in [0.15, 0.2) is 48.0 Å². The quantitative estimate of drug-likeness (QED) is 0.376. The molecule has 7 nitrogen and oxygen atoms in total. The molecule has 2 aromatic carbocycles. The Morgan fingerprint density at radius 2 is 1.93 bits per heavy atom. The number of nitrogens with zero attached hydrogens (tertiary/aromatic N) is 4. The minimum absolute atomic E-state index is 0.0474. The van der Waals surface area contributed by atoms with Crippen LogP contribution in [0, 0.1) is 12.8 Å². The predicted octanol–water partition coefficient (Wildman–Crippen LogP) is 5.31. The smallest absolute Gasteiger partial charge is 0.255 e. The summed E-state index contributed by atoms with van der Waals surface area (Å²) in [4.78, 5) is 51.7. The van der Waals surface area contributed by atoms with Crippen molar-refractivity contribution in [2.45, 2.75) is 72.1 Å². The van der Waals surface area contributed by atoms with Gasteiger partial charge in [0.15, 0.2) is 0 Å². The highest BCUT2D eigenvalue weighted by molar-refractivity contribution is 7.13. The molecule has 0 bridgehead atoms. The molecule has 0 aliphatic carbocycles. The van der Waals surface area contributed by atoms with Crippen molar-refractivity contribution in [2.75, 3.05) is 13.6 Å². The molecule has 8 heteroatoms. The first-order chi connectivity index (χ1) is 19.2. The number of likely N-dealkylation sites (tertiary alicyclic amines) is 1. The predicted molar refractivity (Wildman–Crippen MR) is 158 cm³/mol. The molecule has 3 heterocycles. The molecule has 1 aromatic heterocycles. The number of hydrogen-bond acceptors (Lipinski definition) is 5. The van der Waals surface area contributed by atoms with Crippen molar-refractivity contribution in [3.63, 3.8) is 0 Å². The van der Waals surface area contributed by atoms with Gasteiger partial charge in [-0.2, -0.15) is 0 Å². The van der Waals surface area contributed by atoms with E-state index in [4.69, 9.17) is 0 Å². The van der Waals surface area contributed by atoms with Gasteiger partial charge in [-0.15, -0.1) is 11.3 Å². The van der Waals surface area contributed by atoms with Crippen molar-refractivity contribution < 1.29 is 14.4 Å². The van der Waals surface area contributed by atoms with E-state index in [1.165, 1.54) is 10.4 Å². The Hall–Kier alpha value is -3.52. The summed E-state index contributed by atoms with van der Waals surface area (Å²) >= 11 is 1.64. The van der Waals surface area contributed by atoms with E-state index in [0.717, 1.165) is 35.2 Å². The molecule has 1 saturated heterocycles. The molecule has 0 spiro atoms. The first-order valence-electron chi connectivity index (χ1n) is 14.2. The zero-order chi connectivity index (χ0) is 28.6. The molecule has 3 amide bonds. The molecule has 1 fully saturated rings. The van der Waals surface area contributed by atoms with Gasteiger partial charge in [-0.3, -0.25) is 14.4 Å². The molecule has 0 saturated carbocycles. The fourth-order valence-electron chi connectivity index (χ4n) is 6.15. The highest BCUT2D eigenvalue weighted by Gasteiger charge is 2.44. The molecule has 3 aromatic rings. The summed E-state index contributed by atoms with van der Waals surface area (Å²) in [6, 6.07) is 12.9. The van der Waals surface area contributed by atoms with E-state index in [9.17, 15) is 14.4 Å². The zero-order valence-electron chi connectivity index (χ0n) is 24.0. The van der Waals surface area contributed by atoms with Crippen molar-refractivity contribution in [3.8, 4) is 10.4 Å². The normalized spacial score (nSPS) is 17.4. The van der Waals surface area contributed by atoms with E-state index < -0.39 is 12.1 Å². The standard InChI is InChI=1S/C32H38N4O3S/c1-6-22-16-23(29-21(4)33-19-40-29)13-14-24(22)17-34(5)31(38)27-12-9-15-35(27)32(39)28(20(2)3)36-18-25-10-7-8-11-26(25)30(36)37/h7-8,10-11,13-14,16,19-20,27-28H,6,9,12,15,17-18H2,1-5H3. The first-order valence-corrected chi connectivity index (χ1v) is 15.1. The Kier molecular flexibility index (Phi) is 8.08. The molecule has 2 aliphatic rings. The topological polar surface area (TPSA) is 73.8 Å². The second-order valence-electron chi connectivity index (χ2n) is 11.3. The number of aromatic nitrogens is 1. The summed E-state index contributed by atoms with van der Waals surface area (Å²) in [5, 5.41) is 0. The Balaban J connectivity index is 1.32. The van der Waals surface area contributed by atoms with Crippen LogP contribution >= 0.6 is 11.3 Å². The maximum absolute atomic E-state index is 14.0. The summed E-state index contributed by atoms with van der Waals surface area (Å²) in [5.41, 5.74) is 7.98. The van der Waals surface area contributed by atoms with Gasteiger partial charge in [0.05, 0.1) is 16.1 Å². The van der Waals surface area contributed by atoms with E-state index >= 15 is 0 Å². The molecule has 0 N–H and O–H groups in total. The monoisotopic (exact) mass is 558 g/mol. The fraction of sp³-hybridized carbons (Fsp3) is 0.438. The van der Waals surface area contributed by atoms with Crippen LogP contribution in [0.2, 0.25) is 0 Å². The number of amides is 3. The second kappa shape index (κ2) is 11.5. The maximum Gasteiger partial charge on any atom is 0.255 e. The summed E-state index contributed by atoms with van der Waals surface area (Å²) < 4.78 is 0. The number of likely N-dealkylation sites (N-methyl/N-ethyl adjacent to an activating group) is 1. The van der Waals surface area contributed by atoms with E-state index in [-0.39, 0.29) is 23.6 Å². The molecule has 40 heavy (non-hydrogen) atoms. The third-order valence-electron chi connectivity index (χ3n) is 8.27. The van der Waals surface area contributed by atoms with Crippen molar-refractivity contribution in [1.82, 2.24) is 19.7 Å². The van der Waals surface area contributed by atoms with Gasteiger partial charge in [0, 0.05) is 32.2 Å². The Bertz CT molecular complexity index is 1430. The first kappa shape index (κ1) is 28.0. The number of carbonyl (C=O) groups excluding carboxylic acids is 3. The lowest BCUT2D eigenvalue weighted by molar-refractivity contribution is -0.147. The van der Waals surface area contributed by atoms with Crippen LogP contribution in [0.4, 0.5) is 0 Å². The van der Waals surface area contributed by atoms with Crippen LogP contribution in [0.3, 0.4) is 0 Å². The summed E-state index contributed by atoms with van der Waals surface area (Å²) in [6.07, 6.45) is 2.27. The zero-order valence-corrected chi connectivity index (χ0v) is 24.8. The van der Waals surface area contributed by atoms with Crippen molar-refractivity contribution in [2.24, 2.45) is 5.92 Å². The van der Waals surface area contributed by atoms with Crippen LogP contribution in [-0.4, -0.2) is 63.1 Å². The number of thiazole rings is 1. The number of hydrogen-bond donors (Lipinski definition) is 0. The molecular formula is C32H38N4O3S. The average molecular weight is 559 g/mol. The van der Waals surface area contributed by atoms with Gasteiger partial charge in [-0.1, -0.05) is 51.1 Å². The van der Waals surface area contributed by atoms with E-state index in [1.807, 2.05) is 57.6 Å². The maximum atomic E-state index is 14.0. The Labute approximate surface area is 240 Å². The van der Waals surface area contributed by atoms with Gasteiger partial charge < -0.3 is 14.7 Å². The third-order valence-corrected chi connectivity index (χ3v) is 9.25. The number of benzene rings is 2. The van der Waals surface area contributed by atoms with Crippen LogP contribution in [0.25, 0.3) is 10.4 Å². The van der Waals surface area contributed by atoms with Gasteiger partial charge in [0.1, 0.15) is 12.1 Å². The third kappa shape index (κ3) is 5.17. The van der Waals surface area contributed by atoms with Crippen LogP contribution in [0.1, 0.15) is 66.4 Å². The van der Waals surface area contributed by atoms with Gasteiger partial charge in [-0.05, 0) is 66.5 Å². The van der Waals surface area contributed by atoms with Crippen molar-refractivity contribution >= 4 is 29.1 Å².